The topological polar surface area (TPSA) is 67.4 Å². The zero-order chi connectivity index (χ0) is 20.3. The Morgan fingerprint density at radius 3 is 2.17 bits per heavy atom. The molecule has 0 radical (unpaired) electrons. The molecule has 152 valence electrons. The predicted octanol–water partition coefficient (Wildman–Crippen LogP) is 3.75. The Balaban J connectivity index is 1.25. The molecule has 0 atom stereocenters. The van der Waals surface area contributed by atoms with Crippen LogP contribution in [0.1, 0.15) is 29.9 Å². The van der Waals surface area contributed by atoms with Crippen molar-refractivity contribution in [3.63, 3.8) is 0 Å². The van der Waals surface area contributed by atoms with Crippen molar-refractivity contribution in [2.75, 3.05) is 24.5 Å². The van der Waals surface area contributed by atoms with E-state index in [-0.39, 0.29) is 11.8 Å². The Morgan fingerprint density at radius 1 is 0.933 bits per heavy atom. The average molecular weight is 400 g/mol. The lowest BCUT2D eigenvalue weighted by atomic mass is 9.87. The molecule has 6 heteroatoms. The number of hydrogen-bond acceptors (Lipinski definition) is 5. The molecular formula is C24H24N4O2. The van der Waals surface area contributed by atoms with Gasteiger partial charge in [0.1, 0.15) is 11.5 Å². The van der Waals surface area contributed by atoms with Gasteiger partial charge in [0, 0.05) is 43.2 Å². The molecule has 0 spiro atoms. The smallest absolute Gasteiger partial charge is 0.232 e. The molecule has 0 bridgehead atoms. The standard InChI is InChI=1S/C24H24N4O2/c29-23(27-16-17-10-14-28(15-11-17)24-25-12-5-13-26-24)22-18-6-1-3-8-20(18)30-21-9-4-2-7-19(21)22/h1-9,12-13,17,22H,10-11,14-16H2,(H,27,29). The number of anilines is 1. The van der Waals surface area contributed by atoms with E-state index >= 15 is 0 Å². The molecule has 3 aromatic rings. The van der Waals surface area contributed by atoms with Crippen molar-refractivity contribution in [1.82, 2.24) is 15.3 Å². The van der Waals surface area contributed by atoms with Crippen LogP contribution in [0.3, 0.4) is 0 Å². The Bertz CT molecular complexity index is 987. The highest BCUT2D eigenvalue weighted by Crippen LogP contribution is 2.43. The average Bonchev–Trinajstić information content (AvgIpc) is 2.82. The summed E-state index contributed by atoms with van der Waals surface area (Å²) in [5.41, 5.74) is 1.84. The summed E-state index contributed by atoms with van der Waals surface area (Å²) in [5.74, 6) is 2.45. The summed E-state index contributed by atoms with van der Waals surface area (Å²) in [4.78, 5) is 24.1. The first kappa shape index (κ1) is 18.6. The summed E-state index contributed by atoms with van der Waals surface area (Å²) in [6.45, 7) is 2.50. The predicted molar refractivity (Wildman–Crippen MR) is 115 cm³/mol. The van der Waals surface area contributed by atoms with Crippen LogP contribution >= 0.6 is 0 Å². The molecule has 2 aliphatic rings. The number of amides is 1. The van der Waals surface area contributed by atoms with Gasteiger partial charge in [0.15, 0.2) is 0 Å². The lowest BCUT2D eigenvalue weighted by Gasteiger charge is -2.32. The number of benzene rings is 2. The Kier molecular flexibility index (Phi) is 5.05. The molecule has 0 unspecified atom stereocenters. The van der Waals surface area contributed by atoms with Crippen molar-refractivity contribution in [2.45, 2.75) is 18.8 Å². The molecule has 1 N–H and O–H groups in total. The number of hydrogen-bond donors (Lipinski definition) is 1. The second-order valence-electron chi connectivity index (χ2n) is 7.84. The third-order valence-corrected chi connectivity index (χ3v) is 5.96. The number of carbonyl (C=O) groups is 1. The van der Waals surface area contributed by atoms with E-state index in [2.05, 4.69) is 20.2 Å². The van der Waals surface area contributed by atoms with E-state index in [1.165, 1.54) is 0 Å². The number of aromatic nitrogens is 2. The molecule has 1 fully saturated rings. The summed E-state index contributed by atoms with van der Waals surface area (Å²) in [5, 5.41) is 3.21. The van der Waals surface area contributed by atoms with E-state index < -0.39 is 0 Å². The molecule has 2 aliphatic heterocycles. The largest absolute Gasteiger partial charge is 0.457 e. The van der Waals surface area contributed by atoms with Crippen LogP contribution in [0.2, 0.25) is 0 Å². The summed E-state index contributed by atoms with van der Waals surface area (Å²) in [6, 6.07) is 17.4. The van der Waals surface area contributed by atoms with Crippen LogP contribution in [0.25, 0.3) is 0 Å². The van der Waals surface area contributed by atoms with E-state index in [0.29, 0.717) is 12.5 Å². The van der Waals surface area contributed by atoms with Crippen LogP contribution in [0, 0.1) is 5.92 Å². The number of ether oxygens (including phenoxy) is 1. The van der Waals surface area contributed by atoms with E-state index in [1.54, 1.807) is 12.4 Å². The van der Waals surface area contributed by atoms with Gasteiger partial charge in [-0.05, 0) is 37.0 Å². The molecule has 1 aromatic heterocycles. The Labute approximate surface area is 175 Å². The molecule has 1 saturated heterocycles. The molecule has 6 nitrogen and oxygen atoms in total. The van der Waals surface area contributed by atoms with Gasteiger partial charge in [-0.3, -0.25) is 4.79 Å². The van der Waals surface area contributed by atoms with Gasteiger partial charge in [-0.15, -0.1) is 0 Å². The van der Waals surface area contributed by atoms with E-state index in [9.17, 15) is 4.79 Å². The van der Waals surface area contributed by atoms with Crippen LogP contribution in [0.4, 0.5) is 5.95 Å². The zero-order valence-corrected chi connectivity index (χ0v) is 16.7. The van der Waals surface area contributed by atoms with Crippen LogP contribution < -0.4 is 15.0 Å². The number of para-hydroxylation sites is 2. The fourth-order valence-corrected chi connectivity index (χ4v) is 4.33. The quantitative estimate of drug-likeness (QED) is 0.723. The van der Waals surface area contributed by atoms with Gasteiger partial charge in [0.2, 0.25) is 11.9 Å². The molecule has 1 amide bonds. The second kappa shape index (κ2) is 8.14. The van der Waals surface area contributed by atoms with Crippen LogP contribution in [0.15, 0.2) is 67.0 Å². The van der Waals surface area contributed by atoms with Crippen molar-refractivity contribution in [2.24, 2.45) is 5.92 Å². The minimum absolute atomic E-state index is 0.0343. The molecule has 2 aromatic carbocycles. The number of rotatable bonds is 4. The van der Waals surface area contributed by atoms with Gasteiger partial charge in [0.05, 0.1) is 5.92 Å². The lowest BCUT2D eigenvalue weighted by Crippen LogP contribution is -2.40. The van der Waals surface area contributed by atoms with Gasteiger partial charge in [-0.1, -0.05) is 36.4 Å². The van der Waals surface area contributed by atoms with Crippen LogP contribution in [-0.2, 0) is 4.79 Å². The van der Waals surface area contributed by atoms with Gasteiger partial charge >= 0.3 is 0 Å². The van der Waals surface area contributed by atoms with Crippen molar-refractivity contribution in [3.8, 4) is 11.5 Å². The highest BCUT2D eigenvalue weighted by Gasteiger charge is 2.32. The van der Waals surface area contributed by atoms with E-state index in [0.717, 1.165) is 54.5 Å². The fraction of sp³-hybridized carbons (Fsp3) is 0.292. The van der Waals surface area contributed by atoms with E-state index in [1.807, 2.05) is 54.6 Å². The first-order valence-electron chi connectivity index (χ1n) is 10.4. The van der Waals surface area contributed by atoms with Crippen molar-refractivity contribution >= 4 is 11.9 Å². The van der Waals surface area contributed by atoms with Crippen LogP contribution in [-0.4, -0.2) is 35.5 Å². The number of piperidine rings is 1. The monoisotopic (exact) mass is 400 g/mol. The maximum Gasteiger partial charge on any atom is 0.232 e. The molecule has 0 aliphatic carbocycles. The highest BCUT2D eigenvalue weighted by atomic mass is 16.5. The summed E-state index contributed by atoms with van der Waals surface area (Å²) in [6.07, 6.45) is 5.58. The Hall–Kier alpha value is -3.41. The summed E-state index contributed by atoms with van der Waals surface area (Å²) in [7, 11) is 0. The number of nitrogens with zero attached hydrogens (tertiary/aromatic N) is 3. The minimum Gasteiger partial charge on any atom is -0.457 e. The van der Waals surface area contributed by atoms with Gasteiger partial charge in [0.25, 0.3) is 0 Å². The molecule has 3 heterocycles. The fourth-order valence-electron chi connectivity index (χ4n) is 4.33. The normalized spacial score (nSPS) is 16.3. The minimum atomic E-state index is -0.344. The second-order valence-corrected chi connectivity index (χ2v) is 7.84. The van der Waals surface area contributed by atoms with Gasteiger partial charge in [-0.2, -0.15) is 0 Å². The SMILES string of the molecule is O=C(NCC1CCN(c2ncccn2)CC1)C1c2ccccc2Oc2ccccc21. The highest BCUT2D eigenvalue weighted by molar-refractivity contribution is 5.89. The maximum absolute atomic E-state index is 13.3. The molecule has 0 saturated carbocycles. The molecular weight excluding hydrogens is 376 g/mol. The van der Waals surface area contributed by atoms with E-state index in [4.69, 9.17) is 4.74 Å². The van der Waals surface area contributed by atoms with Crippen molar-refractivity contribution in [1.29, 1.82) is 0 Å². The Morgan fingerprint density at radius 2 is 1.53 bits per heavy atom. The molecule has 5 rings (SSSR count). The maximum atomic E-state index is 13.3. The van der Waals surface area contributed by atoms with Crippen molar-refractivity contribution < 1.29 is 9.53 Å². The number of nitrogens with one attached hydrogen (secondary N) is 1. The third kappa shape index (κ3) is 3.61. The van der Waals surface area contributed by atoms with Gasteiger partial charge in [-0.25, -0.2) is 9.97 Å². The first-order chi connectivity index (χ1) is 14.8. The number of carbonyl (C=O) groups excluding carboxylic acids is 1. The zero-order valence-electron chi connectivity index (χ0n) is 16.7. The summed E-state index contributed by atoms with van der Waals surface area (Å²) >= 11 is 0. The lowest BCUT2D eigenvalue weighted by molar-refractivity contribution is -0.122. The summed E-state index contributed by atoms with van der Waals surface area (Å²) < 4.78 is 6.01. The van der Waals surface area contributed by atoms with Crippen LogP contribution in [0.5, 0.6) is 11.5 Å². The van der Waals surface area contributed by atoms with Crippen molar-refractivity contribution in [3.05, 3.63) is 78.1 Å². The van der Waals surface area contributed by atoms with Gasteiger partial charge < -0.3 is 15.0 Å². The number of fused-ring (bicyclic) bond motifs is 2. The third-order valence-electron chi connectivity index (χ3n) is 5.96. The molecule has 30 heavy (non-hydrogen) atoms. The first-order valence-corrected chi connectivity index (χ1v) is 10.4.